The van der Waals surface area contributed by atoms with Gasteiger partial charge in [-0.2, -0.15) is 0 Å². The van der Waals surface area contributed by atoms with Crippen LogP contribution in [0.25, 0.3) is 0 Å². The Hall–Kier alpha value is -1.39. The molecule has 4 nitrogen and oxygen atoms in total. The predicted molar refractivity (Wildman–Crippen MR) is 72.9 cm³/mol. The number of carbonyl (C=O) groups is 1. The summed E-state index contributed by atoms with van der Waals surface area (Å²) in [5.74, 6) is -0.295. The van der Waals surface area contributed by atoms with E-state index in [9.17, 15) is 9.90 Å². The zero-order valence-corrected chi connectivity index (χ0v) is 11.3. The second-order valence-corrected chi connectivity index (χ2v) is 5.04. The van der Waals surface area contributed by atoms with Crippen LogP contribution in [0.1, 0.15) is 41.6 Å². The largest absolute Gasteiger partial charge is 0.465 e. The summed E-state index contributed by atoms with van der Waals surface area (Å²) in [4.78, 5) is 11.6. The first-order chi connectivity index (χ1) is 9.20. The lowest BCUT2D eigenvalue weighted by Gasteiger charge is -2.26. The third kappa shape index (κ3) is 3.78. The fourth-order valence-electron chi connectivity index (χ4n) is 2.52. The number of carbonyl (C=O) groups excluding carboxylic acids is 1. The zero-order chi connectivity index (χ0) is 13.7. The highest BCUT2D eigenvalue weighted by Crippen LogP contribution is 2.19. The van der Waals surface area contributed by atoms with Gasteiger partial charge in [0.1, 0.15) is 0 Å². The minimum atomic E-state index is -0.295. The third-order valence-electron chi connectivity index (χ3n) is 3.70. The average molecular weight is 263 g/mol. The number of aliphatic hydroxyl groups excluding tert-OH is 1. The van der Waals surface area contributed by atoms with Crippen molar-refractivity contribution >= 4 is 5.97 Å². The van der Waals surface area contributed by atoms with E-state index in [1.165, 1.54) is 7.11 Å². The maximum Gasteiger partial charge on any atom is 0.338 e. The van der Waals surface area contributed by atoms with E-state index < -0.39 is 0 Å². The molecule has 1 saturated carbocycles. The molecule has 2 rings (SSSR count). The van der Waals surface area contributed by atoms with Crippen LogP contribution in [0.4, 0.5) is 0 Å². The van der Waals surface area contributed by atoms with E-state index in [0.717, 1.165) is 31.2 Å². The Kier molecular flexibility index (Phi) is 4.93. The van der Waals surface area contributed by atoms with E-state index in [2.05, 4.69) is 5.32 Å². The van der Waals surface area contributed by atoms with Crippen LogP contribution in [-0.4, -0.2) is 30.3 Å². The molecule has 0 aliphatic heterocycles. The summed E-state index contributed by atoms with van der Waals surface area (Å²) < 4.78 is 4.78. The van der Waals surface area contributed by atoms with E-state index in [0.29, 0.717) is 18.2 Å². The average Bonchev–Trinajstić information content (AvgIpc) is 2.46. The van der Waals surface area contributed by atoms with Crippen LogP contribution in [0, 0.1) is 0 Å². The van der Waals surface area contributed by atoms with Gasteiger partial charge >= 0.3 is 5.97 Å². The highest BCUT2D eigenvalue weighted by Gasteiger charge is 2.19. The van der Waals surface area contributed by atoms with E-state index in [1.54, 1.807) is 6.07 Å². The maximum absolute atomic E-state index is 11.6. The summed E-state index contributed by atoms with van der Waals surface area (Å²) in [6.07, 6.45) is 3.55. The molecule has 0 radical (unpaired) electrons. The van der Waals surface area contributed by atoms with Crippen LogP contribution in [-0.2, 0) is 11.3 Å². The highest BCUT2D eigenvalue weighted by molar-refractivity contribution is 5.90. The van der Waals surface area contributed by atoms with Crippen molar-refractivity contribution < 1.29 is 14.6 Å². The van der Waals surface area contributed by atoms with Crippen molar-refractivity contribution in [2.45, 2.75) is 44.4 Å². The van der Waals surface area contributed by atoms with Gasteiger partial charge in [-0.15, -0.1) is 0 Å². The minimum absolute atomic E-state index is 0.139. The molecular formula is C15H21NO3. The van der Waals surface area contributed by atoms with E-state index in [1.807, 2.05) is 18.2 Å². The van der Waals surface area contributed by atoms with Gasteiger partial charge in [-0.25, -0.2) is 4.79 Å². The molecule has 1 fully saturated rings. The smallest absolute Gasteiger partial charge is 0.338 e. The van der Waals surface area contributed by atoms with E-state index in [-0.39, 0.29) is 12.1 Å². The molecule has 0 saturated heterocycles. The normalized spacial score (nSPS) is 23.1. The van der Waals surface area contributed by atoms with Crippen LogP contribution < -0.4 is 5.32 Å². The maximum atomic E-state index is 11.6. The predicted octanol–water partition coefficient (Wildman–Crippen LogP) is 1.87. The number of esters is 1. The van der Waals surface area contributed by atoms with Crippen molar-refractivity contribution in [2.24, 2.45) is 0 Å². The first kappa shape index (κ1) is 14.0. The number of nitrogens with one attached hydrogen (secondary N) is 1. The van der Waals surface area contributed by atoms with Crippen molar-refractivity contribution in [1.29, 1.82) is 0 Å². The Morgan fingerprint density at radius 1 is 1.32 bits per heavy atom. The van der Waals surface area contributed by atoms with Crippen LogP contribution in [0.5, 0.6) is 0 Å². The van der Waals surface area contributed by atoms with Gasteiger partial charge in [-0.3, -0.25) is 0 Å². The Bertz CT molecular complexity index is 425. The lowest BCUT2D eigenvalue weighted by Crippen LogP contribution is -2.34. The Labute approximate surface area is 113 Å². The number of aliphatic hydroxyl groups is 1. The van der Waals surface area contributed by atoms with Gasteiger partial charge in [0, 0.05) is 12.6 Å². The first-order valence-corrected chi connectivity index (χ1v) is 6.78. The molecule has 1 aliphatic carbocycles. The summed E-state index contributed by atoms with van der Waals surface area (Å²) in [6, 6.07) is 7.92. The van der Waals surface area contributed by atoms with Gasteiger partial charge in [0.2, 0.25) is 0 Å². The summed E-state index contributed by atoms with van der Waals surface area (Å²) >= 11 is 0. The van der Waals surface area contributed by atoms with Gasteiger partial charge < -0.3 is 15.2 Å². The van der Waals surface area contributed by atoms with Crippen molar-refractivity contribution in [3.05, 3.63) is 35.4 Å². The van der Waals surface area contributed by atoms with E-state index >= 15 is 0 Å². The summed E-state index contributed by atoms with van der Waals surface area (Å²) in [5.41, 5.74) is 1.58. The second-order valence-electron chi connectivity index (χ2n) is 5.04. The molecule has 0 aromatic heterocycles. The number of ether oxygens (including phenoxy) is 1. The molecule has 19 heavy (non-hydrogen) atoms. The van der Waals surface area contributed by atoms with Gasteiger partial charge in [-0.05, 0) is 37.3 Å². The number of methoxy groups -OCH3 is 1. The molecule has 4 heteroatoms. The standard InChI is InChI=1S/C15H21NO3/c1-19-15(18)14-5-3-2-4-11(14)10-16-12-6-8-13(17)9-7-12/h2-5,12-13,16-17H,6-10H2,1H3. The van der Waals surface area contributed by atoms with Crippen LogP contribution >= 0.6 is 0 Å². The first-order valence-electron chi connectivity index (χ1n) is 6.78. The topological polar surface area (TPSA) is 58.6 Å². The van der Waals surface area contributed by atoms with Crippen molar-refractivity contribution in [3.63, 3.8) is 0 Å². The van der Waals surface area contributed by atoms with Gasteiger partial charge in [0.25, 0.3) is 0 Å². The highest BCUT2D eigenvalue weighted by atomic mass is 16.5. The summed E-state index contributed by atoms with van der Waals surface area (Å²) in [6.45, 7) is 0.659. The molecule has 104 valence electrons. The molecule has 0 unspecified atom stereocenters. The molecule has 1 aliphatic rings. The lowest BCUT2D eigenvalue weighted by atomic mass is 9.93. The van der Waals surface area contributed by atoms with Gasteiger partial charge in [0.05, 0.1) is 18.8 Å². The third-order valence-corrected chi connectivity index (χ3v) is 3.70. The number of hydrogen-bond acceptors (Lipinski definition) is 4. The van der Waals surface area contributed by atoms with Gasteiger partial charge in [-0.1, -0.05) is 18.2 Å². The molecule has 0 heterocycles. The molecule has 2 N–H and O–H groups in total. The van der Waals surface area contributed by atoms with Gasteiger partial charge in [0.15, 0.2) is 0 Å². The van der Waals surface area contributed by atoms with E-state index in [4.69, 9.17) is 4.74 Å². The Morgan fingerprint density at radius 3 is 2.68 bits per heavy atom. The fourth-order valence-corrected chi connectivity index (χ4v) is 2.52. The molecule has 0 atom stereocenters. The number of benzene rings is 1. The molecular weight excluding hydrogens is 242 g/mol. The molecule has 0 spiro atoms. The Morgan fingerprint density at radius 2 is 2.00 bits per heavy atom. The molecule has 1 aromatic rings. The summed E-state index contributed by atoms with van der Waals surface area (Å²) in [7, 11) is 1.40. The van der Waals surface area contributed by atoms with Crippen LogP contribution in [0.3, 0.4) is 0 Å². The van der Waals surface area contributed by atoms with Crippen molar-refractivity contribution in [2.75, 3.05) is 7.11 Å². The molecule has 0 amide bonds. The molecule has 0 bridgehead atoms. The van der Waals surface area contributed by atoms with Crippen LogP contribution in [0.15, 0.2) is 24.3 Å². The minimum Gasteiger partial charge on any atom is -0.465 e. The van der Waals surface area contributed by atoms with Crippen molar-refractivity contribution in [1.82, 2.24) is 5.32 Å². The number of hydrogen-bond donors (Lipinski definition) is 2. The van der Waals surface area contributed by atoms with Crippen LogP contribution in [0.2, 0.25) is 0 Å². The quantitative estimate of drug-likeness (QED) is 0.814. The van der Waals surface area contributed by atoms with Crippen molar-refractivity contribution in [3.8, 4) is 0 Å². The lowest BCUT2D eigenvalue weighted by molar-refractivity contribution is 0.0599. The SMILES string of the molecule is COC(=O)c1ccccc1CNC1CCC(O)CC1. The second kappa shape index (κ2) is 6.68. The fraction of sp³-hybridized carbons (Fsp3) is 0.533. The molecule has 1 aromatic carbocycles. The number of rotatable bonds is 4. The zero-order valence-electron chi connectivity index (χ0n) is 11.3. The summed E-state index contributed by atoms with van der Waals surface area (Å²) in [5, 5.41) is 12.9. The monoisotopic (exact) mass is 263 g/mol. The Balaban J connectivity index is 1.94.